The van der Waals surface area contributed by atoms with Gasteiger partial charge < -0.3 is 5.11 Å². The lowest BCUT2D eigenvalue weighted by atomic mass is 9.61. The molecule has 1 N–H and O–H groups in total. The van der Waals surface area contributed by atoms with E-state index in [1.54, 1.807) is 0 Å². The van der Waals surface area contributed by atoms with Gasteiger partial charge in [-0.15, -0.1) is 0 Å². The van der Waals surface area contributed by atoms with Crippen LogP contribution in [0.15, 0.2) is 66.4 Å². The molecule has 0 unspecified atom stereocenters. The quantitative estimate of drug-likeness (QED) is 0.613. The fourth-order valence-electron chi connectivity index (χ4n) is 6.39. The van der Waals surface area contributed by atoms with Gasteiger partial charge in [-0.3, -0.25) is 0 Å². The predicted molar refractivity (Wildman–Crippen MR) is 124 cm³/mol. The molecule has 2 atom stereocenters. The smallest absolute Gasteiger partial charge is 0.0994 e. The summed E-state index contributed by atoms with van der Waals surface area (Å²) in [5, 5.41) is 26.4. The molecular weight excluding hydrogens is 394 g/mol. The first-order chi connectivity index (χ1) is 15.6. The van der Waals surface area contributed by atoms with E-state index in [4.69, 9.17) is 5.10 Å². The molecule has 0 bridgehead atoms. The molecule has 2 aromatic carbocycles. The maximum Gasteiger partial charge on any atom is 0.0994 e. The van der Waals surface area contributed by atoms with Crippen LogP contribution in [0.2, 0.25) is 0 Å². The summed E-state index contributed by atoms with van der Waals surface area (Å²) < 4.78 is 2.04. The van der Waals surface area contributed by atoms with E-state index >= 15 is 0 Å². The molecule has 1 aromatic heterocycles. The Bertz CT molecular complexity index is 1250. The van der Waals surface area contributed by atoms with Crippen LogP contribution in [0.1, 0.15) is 54.5 Å². The first kappa shape index (κ1) is 19.5. The molecule has 2 fully saturated rings. The van der Waals surface area contributed by atoms with Gasteiger partial charge in [-0.25, -0.2) is 4.68 Å². The van der Waals surface area contributed by atoms with Crippen LogP contribution in [0, 0.1) is 22.7 Å². The van der Waals surface area contributed by atoms with Crippen LogP contribution in [0.4, 0.5) is 0 Å². The monoisotopic (exact) mass is 421 g/mol. The molecule has 0 radical (unpaired) electrons. The number of para-hydroxylation sites is 1. The van der Waals surface area contributed by atoms with Crippen LogP contribution >= 0.6 is 0 Å². The summed E-state index contributed by atoms with van der Waals surface area (Å²) in [6, 6.07) is 20.4. The van der Waals surface area contributed by atoms with E-state index in [1.807, 2.05) is 53.3 Å². The predicted octanol–water partition coefficient (Wildman–Crippen LogP) is 5.24. The molecule has 1 heterocycles. The summed E-state index contributed by atoms with van der Waals surface area (Å²) in [5.41, 5.74) is 5.72. The molecule has 6 rings (SSSR count). The second-order valence-electron chi connectivity index (χ2n) is 9.69. The van der Waals surface area contributed by atoms with Crippen LogP contribution in [-0.4, -0.2) is 20.5 Å². The molecule has 4 heteroatoms. The Morgan fingerprint density at radius 3 is 2.66 bits per heavy atom. The second kappa shape index (κ2) is 7.18. The summed E-state index contributed by atoms with van der Waals surface area (Å²) in [7, 11) is 0. The highest BCUT2D eigenvalue weighted by Crippen LogP contribution is 2.66. The van der Waals surface area contributed by atoms with Gasteiger partial charge >= 0.3 is 0 Å². The normalized spacial score (nSPS) is 26.2. The van der Waals surface area contributed by atoms with Crippen LogP contribution in [0.25, 0.3) is 11.8 Å². The number of fused-ring (bicyclic) bond motifs is 2. The van der Waals surface area contributed by atoms with Crippen molar-refractivity contribution in [3.63, 3.8) is 0 Å². The molecule has 32 heavy (non-hydrogen) atoms. The number of benzene rings is 2. The topological polar surface area (TPSA) is 61.8 Å². The van der Waals surface area contributed by atoms with Gasteiger partial charge in [-0.05, 0) is 86.3 Å². The Labute approximate surface area is 188 Å². The van der Waals surface area contributed by atoms with Crippen LogP contribution < -0.4 is 0 Å². The zero-order chi connectivity index (χ0) is 21.8. The number of nitriles is 1. The van der Waals surface area contributed by atoms with Crippen molar-refractivity contribution < 1.29 is 5.11 Å². The SMILES string of the molecule is N#Cc1ccccc1CC[C@]1(O)CCC2=Cc3c(cnn3-c3ccccc3)C[C@@]21C1CC1. The summed E-state index contributed by atoms with van der Waals surface area (Å²) in [6.07, 6.45) is 10.7. The minimum atomic E-state index is -0.741. The third kappa shape index (κ3) is 2.81. The van der Waals surface area contributed by atoms with Crippen molar-refractivity contribution in [1.29, 1.82) is 5.26 Å². The molecule has 4 nitrogen and oxygen atoms in total. The average molecular weight is 422 g/mol. The molecule has 2 saturated carbocycles. The molecular formula is C28H27N3O. The van der Waals surface area contributed by atoms with E-state index in [0.29, 0.717) is 12.3 Å². The van der Waals surface area contributed by atoms with Crippen molar-refractivity contribution in [3.8, 4) is 11.8 Å². The van der Waals surface area contributed by atoms with Crippen LogP contribution in [0.5, 0.6) is 0 Å². The number of nitrogens with zero attached hydrogens (tertiary/aromatic N) is 3. The van der Waals surface area contributed by atoms with E-state index in [0.717, 1.165) is 42.5 Å². The van der Waals surface area contributed by atoms with Gasteiger partial charge in [0.05, 0.1) is 34.8 Å². The average Bonchev–Trinajstić information content (AvgIpc) is 3.55. The first-order valence-electron chi connectivity index (χ1n) is 11.7. The zero-order valence-corrected chi connectivity index (χ0v) is 18.2. The number of aliphatic hydroxyl groups is 1. The van der Waals surface area contributed by atoms with Crippen LogP contribution in [0.3, 0.4) is 0 Å². The van der Waals surface area contributed by atoms with E-state index in [1.165, 1.54) is 29.7 Å². The fourth-order valence-corrected chi connectivity index (χ4v) is 6.39. The Hall–Kier alpha value is -3.16. The molecule has 0 saturated heterocycles. The fraction of sp³-hybridized carbons (Fsp3) is 0.357. The largest absolute Gasteiger partial charge is 0.389 e. The molecule has 3 aliphatic carbocycles. The summed E-state index contributed by atoms with van der Waals surface area (Å²) in [5.74, 6) is 0.542. The molecule has 0 spiro atoms. The zero-order valence-electron chi connectivity index (χ0n) is 18.2. The van der Waals surface area contributed by atoms with Crippen molar-refractivity contribution >= 4 is 6.08 Å². The first-order valence-corrected chi connectivity index (χ1v) is 11.7. The van der Waals surface area contributed by atoms with Crippen molar-refractivity contribution in [2.45, 2.75) is 50.5 Å². The highest BCUT2D eigenvalue weighted by molar-refractivity contribution is 5.63. The summed E-state index contributed by atoms with van der Waals surface area (Å²) in [4.78, 5) is 0. The van der Waals surface area contributed by atoms with Gasteiger partial charge in [0.1, 0.15) is 0 Å². The van der Waals surface area contributed by atoms with Crippen molar-refractivity contribution in [2.75, 3.05) is 0 Å². The molecule has 0 amide bonds. The van der Waals surface area contributed by atoms with E-state index < -0.39 is 5.60 Å². The van der Waals surface area contributed by atoms with E-state index in [9.17, 15) is 10.4 Å². The minimum absolute atomic E-state index is 0.188. The van der Waals surface area contributed by atoms with Crippen molar-refractivity contribution in [1.82, 2.24) is 9.78 Å². The maximum atomic E-state index is 12.2. The summed E-state index contributed by atoms with van der Waals surface area (Å²) in [6.45, 7) is 0. The third-order valence-electron chi connectivity index (χ3n) is 8.10. The lowest BCUT2D eigenvalue weighted by Crippen LogP contribution is -2.49. The number of aromatic nitrogens is 2. The minimum Gasteiger partial charge on any atom is -0.389 e. The Morgan fingerprint density at radius 1 is 1.09 bits per heavy atom. The van der Waals surface area contributed by atoms with E-state index in [2.05, 4.69) is 24.3 Å². The van der Waals surface area contributed by atoms with Crippen LogP contribution in [-0.2, 0) is 12.8 Å². The molecule has 3 aliphatic rings. The number of aryl methyl sites for hydroxylation is 1. The van der Waals surface area contributed by atoms with Gasteiger partial charge in [-0.1, -0.05) is 42.0 Å². The lowest BCUT2D eigenvalue weighted by molar-refractivity contribution is -0.0661. The molecule has 0 aliphatic heterocycles. The Morgan fingerprint density at radius 2 is 1.88 bits per heavy atom. The number of hydrogen-bond donors (Lipinski definition) is 1. The van der Waals surface area contributed by atoms with Gasteiger partial charge in [-0.2, -0.15) is 10.4 Å². The Balaban J connectivity index is 1.37. The maximum absolute atomic E-state index is 12.2. The standard InChI is InChI=1S/C28H27N3O/c29-18-21-7-5-4-6-20(21)12-14-27(32)15-13-24-16-26-22(17-28(24,27)23-10-11-23)19-30-31(26)25-8-2-1-3-9-25/h1-9,16,19,23,32H,10-15,17H2/t27-,28+/m0/s1. The second-order valence-corrected chi connectivity index (χ2v) is 9.69. The number of rotatable bonds is 5. The molecule has 160 valence electrons. The van der Waals surface area contributed by atoms with Gasteiger partial charge in [0.2, 0.25) is 0 Å². The van der Waals surface area contributed by atoms with Crippen molar-refractivity contribution in [3.05, 3.63) is 88.8 Å². The lowest BCUT2D eigenvalue weighted by Gasteiger charge is -2.46. The Kier molecular flexibility index (Phi) is 4.38. The van der Waals surface area contributed by atoms with Gasteiger partial charge in [0.15, 0.2) is 0 Å². The number of hydrogen-bond acceptors (Lipinski definition) is 3. The van der Waals surface area contributed by atoms with Gasteiger partial charge in [0, 0.05) is 5.41 Å². The van der Waals surface area contributed by atoms with Crippen molar-refractivity contribution in [2.24, 2.45) is 11.3 Å². The highest BCUT2D eigenvalue weighted by Gasteiger charge is 2.63. The highest BCUT2D eigenvalue weighted by atomic mass is 16.3. The molecule has 3 aromatic rings. The summed E-state index contributed by atoms with van der Waals surface area (Å²) >= 11 is 0. The van der Waals surface area contributed by atoms with E-state index in [-0.39, 0.29) is 5.41 Å². The van der Waals surface area contributed by atoms with Gasteiger partial charge in [0.25, 0.3) is 0 Å². The third-order valence-corrected chi connectivity index (χ3v) is 8.10.